The Bertz CT molecular complexity index is 373. The third-order valence-electron chi connectivity index (χ3n) is 4.49. The first-order valence-electron chi connectivity index (χ1n) is 8.46. The molecule has 6 nitrogen and oxygen atoms in total. The number of ether oxygens (including phenoxy) is 1. The van der Waals surface area contributed by atoms with Crippen LogP contribution >= 0.6 is 0 Å². The zero-order chi connectivity index (χ0) is 17.2. The van der Waals surface area contributed by atoms with Gasteiger partial charge in [-0.15, -0.1) is 0 Å². The minimum Gasteiger partial charge on any atom is -0.544 e. The van der Waals surface area contributed by atoms with E-state index in [2.05, 4.69) is 29.6 Å². The summed E-state index contributed by atoms with van der Waals surface area (Å²) in [7, 11) is 6.49. The van der Waals surface area contributed by atoms with Crippen molar-refractivity contribution in [1.82, 2.24) is 9.80 Å². The van der Waals surface area contributed by atoms with E-state index in [1.54, 1.807) is 0 Å². The maximum Gasteiger partial charge on any atom is 0.378 e. The Morgan fingerprint density at radius 1 is 1.13 bits per heavy atom. The summed E-state index contributed by atoms with van der Waals surface area (Å²) < 4.78 is 8.86. The predicted molar refractivity (Wildman–Crippen MR) is 89.0 cm³/mol. The third-order valence-corrected chi connectivity index (χ3v) is 4.49. The van der Waals surface area contributed by atoms with Gasteiger partial charge in [0.15, 0.2) is 0 Å². The number of hydrogen-bond acceptors (Lipinski definition) is 6. The molecule has 1 aliphatic carbocycles. The number of likely N-dealkylation sites (N-methyl/N-ethyl adjacent to an activating group) is 1. The second-order valence-electron chi connectivity index (χ2n) is 6.16. The van der Waals surface area contributed by atoms with Gasteiger partial charge in [0.1, 0.15) is 0 Å². The molecule has 0 aromatic carbocycles. The topological polar surface area (TPSA) is 59.1 Å². The Labute approximate surface area is 140 Å². The van der Waals surface area contributed by atoms with Gasteiger partial charge in [0, 0.05) is 39.1 Å². The molecule has 1 saturated heterocycles. The molecular weight excluding hydrogens is 295 g/mol. The number of hydrogen-bond donors (Lipinski definition) is 0. The van der Waals surface area contributed by atoms with E-state index >= 15 is 0 Å². The second-order valence-corrected chi connectivity index (χ2v) is 6.16. The third kappa shape index (κ3) is 6.91. The van der Waals surface area contributed by atoms with Crippen LogP contribution in [0.1, 0.15) is 39.5 Å². The van der Waals surface area contributed by atoms with Crippen LogP contribution < -0.4 is 0 Å². The van der Waals surface area contributed by atoms with Gasteiger partial charge in [-0.25, -0.2) is 0 Å². The van der Waals surface area contributed by atoms with Crippen molar-refractivity contribution in [2.24, 2.45) is 5.92 Å². The quantitative estimate of drug-likeness (QED) is 0.570. The van der Waals surface area contributed by atoms with Crippen LogP contribution in [-0.2, 0) is 19.0 Å². The van der Waals surface area contributed by atoms with E-state index in [0.717, 1.165) is 39.0 Å². The van der Waals surface area contributed by atoms with Gasteiger partial charge < -0.3 is 14.3 Å². The molecule has 2 rings (SSSR count). The molecule has 23 heavy (non-hydrogen) atoms. The molecule has 2 radical (unpaired) electrons. The summed E-state index contributed by atoms with van der Waals surface area (Å²) in [5.74, 6) is -0.326. The lowest BCUT2D eigenvalue weighted by Gasteiger charge is -2.42. The Kier molecular flexibility index (Phi) is 9.25. The van der Waals surface area contributed by atoms with Crippen LogP contribution in [0.4, 0.5) is 0 Å². The molecular formula is C16H29BN2O4. The summed E-state index contributed by atoms with van der Waals surface area (Å²) in [5, 5.41) is 0. The smallest absolute Gasteiger partial charge is 0.378 e. The zero-order valence-electron chi connectivity index (χ0n) is 14.6. The van der Waals surface area contributed by atoms with E-state index in [1.165, 1.54) is 19.8 Å². The summed E-state index contributed by atoms with van der Waals surface area (Å²) in [6, 6.07) is 0.423. The van der Waals surface area contributed by atoms with Gasteiger partial charge in [0.05, 0.1) is 12.5 Å². The number of carbonyl (C=O) groups excluding carboxylic acids is 2. The van der Waals surface area contributed by atoms with Crippen molar-refractivity contribution < 1.29 is 19.0 Å². The van der Waals surface area contributed by atoms with Gasteiger partial charge in [0.2, 0.25) is 0 Å². The predicted octanol–water partition coefficient (Wildman–Crippen LogP) is 0.989. The average molecular weight is 324 g/mol. The number of esters is 1. The Morgan fingerprint density at radius 3 is 2.22 bits per heavy atom. The number of rotatable bonds is 3. The van der Waals surface area contributed by atoms with E-state index in [-0.39, 0.29) is 11.9 Å². The van der Waals surface area contributed by atoms with Gasteiger partial charge in [-0.3, -0.25) is 14.5 Å². The summed E-state index contributed by atoms with van der Waals surface area (Å²) in [5.41, 5.74) is 0. The average Bonchev–Trinajstić information content (AvgIpc) is 2.56. The van der Waals surface area contributed by atoms with Crippen molar-refractivity contribution >= 4 is 20.0 Å². The maximum atomic E-state index is 12.1. The first-order chi connectivity index (χ1) is 11.0. The Balaban J connectivity index is 0.000000463. The van der Waals surface area contributed by atoms with Crippen LogP contribution in [0.2, 0.25) is 0 Å². The molecule has 0 aromatic heterocycles. The molecule has 1 heterocycles. The van der Waals surface area contributed by atoms with Crippen molar-refractivity contribution in [1.29, 1.82) is 0 Å². The van der Waals surface area contributed by atoms with Crippen molar-refractivity contribution in [2.75, 3.05) is 39.8 Å². The van der Waals surface area contributed by atoms with E-state index in [4.69, 9.17) is 4.74 Å². The number of nitrogens with zero attached hydrogens (tertiary/aromatic N) is 2. The molecule has 1 saturated carbocycles. The van der Waals surface area contributed by atoms with Crippen LogP contribution in [0.3, 0.4) is 0 Å². The second kappa shape index (κ2) is 10.7. The lowest BCUT2D eigenvalue weighted by Crippen LogP contribution is -2.53. The van der Waals surface area contributed by atoms with E-state index < -0.39 is 5.97 Å². The fourth-order valence-electron chi connectivity index (χ4n) is 3.23. The zero-order valence-corrected chi connectivity index (χ0v) is 14.6. The molecule has 0 aromatic rings. The molecule has 7 heteroatoms. The normalized spacial score (nSPS) is 25.9. The summed E-state index contributed by atoms with van der Waals surface area (Å²) >= 11 is 0. The summed E-state index contributed by atoms with van der Waals surface area (Å²) in [4.78, 5) is 26.4. The van der Waals surface area contributed by atoms with Crippen LogP contribution in [-0.4, -0.2) is 75.7 Å². The molecule has 2 fully saturated rings. The van der Waals surface area contributed by atoms with Crippen molar-refractivity contribution in [3.05, 3.63) is 0 Å². The highest BCUT2D eigenvalue weighted by molar-refractivity contribution is 6.04. The molecule has 0 N–H and O–H groups in total. The molecule has 1 aliphatic heterocycles. The fraction of sp³-hybridized carbons (Fsp3) is 0.875. The fourth-order valence-corrected chi connectivity index (χ4v) is 3.23. The van der Waals surface area contributed by atoms with E-state index in [1.807, 2.05) is 6.92 Å². The van der Waals surface area contributed by atoms with Crippen LogP contribution in [0.25, 0.3) is 0 Å². The van der Waals surface area contributed by atoms with E-state index in [0.29, 0.717) is 12.6 Å². The monoisotopic (exact) mass is 324 g/mol. The number of piperazine rings is 1. The Morgan fingerprint density at radius 2 is 1.70 bits per heavy atom. The maximum absolute atomic E-state index is 12.1. The first-order valence-corrected chi connectivity index (χ1v) is 8.46. The van der Waals surface area contributed by atoms with Gasteiger partial charge in [0.25, 0.3) is 5.97 Å². The highest BCUT2D eigenvalue weighted by Gasteiger charge is 2.36. The minimum absolute atomic E-state index is 0.0288. The van der Waals surface area contributed by atoms with Crippen molar-refractivity contribution in [2.45, 2.75) is 45.6 Å². The van der Waals surface area contributed by atoms with Gasteiger partial charge >= 0.3 is 14.0 Å². The van der Waals surface area contributed by atoms with Gasteiger partial charge in [-0.2, -0.15) is 0 Å². The summed E-state index contributed by atoms with van der Waals surface area (Å²) in [6.07, 6.45) is 4.60. The highest BCUT2D eigenvalue weighted by Crippen LogP contribution is 2.30. The minimum atomic E-state index is -0.468. The standard InChI is InChI=1S/C14H26N2O2.C2H3BO2/c1-3-18-14(17)12-6-4-5-7-13(12)16-10-8-15(2)9-11-16;1-2(4)5-3/h12-13H,3-11H2,1-2H3;1H3/t12-,13-;/m1./s1. The number of carbonyl (C=O) groups is 2. The van der Waals surface area contributed by atoms with Crippen molar-refractivity contribution in [3.8, 4) is 0 Å². The van der Waals surface area contributed by atoms with Crippen LogP contribution in [0.5, 0.6) is 0 Å². The summed E-state index contributed by atoms with van der Waals surface area (Å²) in [6.45, 7) is 8.06. The molecule has 0 spiro atoms. The van der Waals surface area contributed by atoms with Crippen LogP contribution in [0.15, 0.2) is 0 Å². The lowest BCUT2D eigenvalue weighted by atomic mass is 9.83. The molecule has 2 aliphatic rings. The lowest BCUT2D eigenvalue weighted by molar-refractivity contribution is -0.152. The van der Waals surface area contributed by atoms with Crippen molar-refractivity contribution in [3.63, 3.8) is 0 Å². The molecule has 0 amide bonds. The molecule has 2 atom stereocenters. The SMILES string of the molecule is CCOC(=O)[C@@H]1CCCC[C@H]1N1CCN(C)CC1.[B]OC(C)=O. The Hall–Kier alpha value is -1.08. The van der Waals surface area contributed by atoms with E-state index in [9.17, 15) is 9.59 Å². The van der Waals surface area contributed by atoms with Crippen LogP contribution in [0, 0.1) is 5.92 Å². The molecule has 130 valence electrons. The first kappa shape index (κ1) is 20.0. The molecule has 0 bridgehead atoms. The largest absolute Gasteiger partial charge is 0.544 e. The highest BCUT2D eigenvalue weighted by atomic mass is 16.5. The van der Waals surface area contributed by atoms with Gasteiger partial charge in [-0.05, 0) is 26.8 Å². The van der Waals surface area contributed by atoms with Gasteiger partial charge in [-0.1, -0.05) is 12.8 Å². The molecule has 0 unspecified atom stereocenters.